The van der Waals surface area contributed by atoms with Crippen LogP contribution in [0, 0.1) is 0 Å². The maximum absolute atomic E-state index is 6.19. The van der Waals surface area contributed by atoms with Crippen molar-refractivity contribution in [3.05, 3.63) is 22.7 Å². The second-order valence-electron chi connectivity index (χ2n) is 4.19. The van der Waals surface area contributed by atoms with Crippen LogP contribution in [-0.4, -0.2) is 17.1 Å². The van der Waals surface area contributed by atoms with Crippen LogP contribution in [0.2, 0.25) is 5.02 Å². The number of hydrogen-bond donors (Lipinski definition) is 2. The van der Waals surface area contributed by atoms with E-state index in [1.54, 1.807) is 11.3 Å². The van der Waals surface area contributed by atoms with Gasteiger partial charge >= 0.3 is 0 Å². The first-order valence-electron chi connectivity index (χ1n) is 5.28. The smallest absolute Gasteiger partial charge is 0.106 e. The molecular weight excluding hydrogens is 242 g/mol. The molecule has 0 spiro atoms. The zero-order valence-electron chi connectivity index (χ0n) is 8.61. The predicted molar refractivity (Wildman–Crippen MR) is 69.3 cm³/mol. The van der Waals surface area contributed by atoms with E-state index in [9.17, 15) is 0 Å². The molecule has 0 unspecified atom stereocenters. The van der Waals surface area contributed by atoms with E-state index in [4.69, 9.17) is 17.3 Å². The van der Waals surface area contributed by atoms with Gasteiger partial charge in [-0.05, 0) is 25.0 Å². The summed E-state index contributed by atoms with van der Waals surface area (Å²) in [5.41, 5.74) is 9.54. The molecule has 0 amide bonds. The number of thiazole rings is 1. The summed E-state index contributed by atoms with van der Waals surface area (Å²) in [6.07, 6.45) is 2.02. The molecule has 0 aliphatic heterocycles. The van der Waals surface area contributed by atoms with Crippen molar-refractivity contribution in [3.63, 3.8) is 0 Å². The quantitative estimate of drug-likeness (QED) is 0.865. The van der Waals surface area contributed by atoms with Gasteiger partial charge in [0.2, 0.25) is 0 Å². The molecule has 0 bridgehead atoms. The minimum Gasteiger partial charge on any atom is -0.379 e. The van der Waals surface area contributed by atoms with E-state index in [1.165, 1.54) is 0 Å². The molecule has 1 saturated carbocycles. The maximum atomic E-state index is 6.19. The molecule has 3 nitrogen and oxygen atoms in total. The van der Waals surface area contributed by atoms with Gasteiger partial charge in [0.15, 0.2) is 0 Å². The van der Waals surface area contributed by atoms with Crippen LogP contribution in [0.1, 0.15) is 12.8 Å². The molecule has 1 aliphatic rings. The topological polar surface area (TPSA) is 50.9 Å². The van der Waals surface area contributed by atoms with Gasteiger partial charge in [0, 0.05) is 12.1 Å². The molecule has 5 heteroatoms. The Kier molecular flexibility index (Phi) is 2.50. The van der Waals surface area contributed by atoms with E-state index >= 15 is 0 Å². The maximum Gasteiger partial charge on any atom is 0.106 e. The summed E-state index contributed by atoms with van der Waals surface area (Å²) in [5.74, 6) is 0. The van der Waals surface area contributed by atoms with Gasteiger partial charge in [0.05, 0.1) is 20.9 Å². The van der Waals surface area contributed by atoms with Crippen LogP contribution in [0.25, 0.3) is 10.2 Å². The zero-order chi connectivity index (χ0) is 11.1. The SMILES string of the molecule is NC1CC(Nc2c(Cl)ccc3scnc23)C1. The molecule has 84 valence electrons. The molecule has 2 aromatic rings. The molecule has 3 rings (SSSR count). The van der Waals surface area contributed by atoms with E-state index in [0.717, 1.165) is 33.8 Å². The van der Waals surface area contributed by atoms with E-state index < -0.39 is 0 Å². The van der Waals surface area contributed by atoms with Gasteiger partial charge in [-0.25, -0.2) is 4.98 Å². The average Bonchev–Trinajstić information content (AvgIpc) is 2.67. The molecule has 0 saturated heterocycles. The number of nitrogens with zero attached hydrogens (tertiary/aromatic N) is 1. The number of aromatic nitrogens is 1. The Morgan fingerprint density at radius 3 is 3.00 bits per heavy atom. The van der Waals surface area contributed by atoms with Gasteiger partial charge in [-0.2, -0.15) is 0 Å². The summed E-state index contributed by atoms with van der Waals surface area (Å²) in [6, 6.07) is 4.71. The number of anilines is 1. The van der Waals surface area contributed by atoms with Crippen molar-refractivity contribution in [2.75, 3.05) is 5.32 Å². The summed E-state index contributed by atoms with van der Waals surface area (Å²) in [5, 5.41) is 4.17. The third-order valence-corrected chi connectivity index (χ3v) is 4.08. The molecule has 16 heavy (non-hydrogen) atoms. The summed E-state index contributed by atoms with van der Waals surface area (Å²) in [7, 11) is 0. The third-order valence-electron chi connectivity index (χ3n) is 2.97. The second-order valence-corrected chi connectivity index (χ2v) is 5.49. The second kappa shape index (κ2) is 3.87. The van der Waals surface area contributed by atoms with E-state index in [0.29, 0.717) is 12.1 Å². The Hall–Kier alpha value is -0.840. The van der Waals surface area contributed by atoms with Crippen molar-refractivity contribution in [2.45, 2.75) is 24.9 Å². The number of hydrogen-bond acceptors (Lipinski definition) is 4. The minimum absolute atomic E-state index is 0.339. The highest BCUT2D eigenvalue weighted by Gasteiger charge is 2.26. The molecule has 3 N–H and O–H groups in total. The van der Waals surface area contributed by atoms with Crippen LogP contribution in [-0.2, 0) is 0 Å². The Balaban J connectivity index is 1.95. The number of benzene rings is 1. The predicted octanol–water partition coefficient (Wildman–Crippen LogP) is 2.85. The zero-order valence-corrected chi connectivity index (χ0v) is 10.2. The lowest BCUT2D eigenvalue weighted by atomic mass is 9.87. The third kappa shape index (κ3) is 1.67. The first-order valence-corrected chi connectivity index (χ1v) is 6.53. The van der Waals surface area contributed by atoms with Crippen LogP contribution in [0.4, 0.5) is 5.69 Å². The summed E-state index contributed by atoms with van der Waals surface area (Å²) < 4.78 is 1.16. The van der Waals surface area contributed by atoms with Gasteiger partial charge < -0.3 is 11.1 Å². The number of rotatable bonds is 2. The van der Waals surface area contributed by atoms with Crippen LogP contribution in [0.5, 0.6) is 0 Å². The van der Waals surface area contributed by atoms with Crippen molar-refractivity contribution in [3.8, 4) is 0 Å². The van der Waals surface area contributed by atoms with Gasteiger partial charge in [-0.3, -0.25) is 0 Å². The molecule has 1 aromatic carbocycles. The van der Waals surface area contributed by atoms with Gasteiger partial charge in [-0.1, -0.05) is 11.6 Å². The van der Waals surface area contributed by atoms with E-state index in [-0.39, 0.29) is 0 Å². The normalized spacial score (nSPS) is 24.4. The lowest BCUT2D eigenvalue weighted by molar-refractivity contribution is 0.374. The van der Waals surface area contributed by atoms with Crippen LogP contribution in [0.3, 0.4) is 0 Å². The van der Waals surface area contributed by atoms with Crippen LogP contribution in [0.15, 0.2) is 17.6 Å². The fourth-order valence-corrected chi connectivity index (χ4v) is 2.92. The molecule has 1 fully saturated rings. The Bertz CT molecular complexity index is 519. The highest BCUT2D eigenvalue weighted by Crippen LogP contribution is 2.34. The largest absolute Gasteiger partial charge is 0.379 e. The van der Waals surface area contributed by atoms with Crippen molar-refractivity contribution in [1.29, 1.82) is 0 Å². The summed E-state index contributed by atoms with van der Waals surface area (Å²) in [6.45, 7) is 0. The molecule has 1 aromatic heterocycles. The monoisotopic (exact) mass is 253 g/mol. The summed E-state index contributed by atoms with van der Waals surface area (Å²) >= 11 is 7.82. The van der Waals surface area contributed by atoms with Crippen LogP contribution < -0.4 is 11.1 Å². The molecule has 1 aliphatic carbocycles. The van der Waals surface area contributed by atoms with Crippen molar-refractivity contribution in [2.24, 2.45) is 5.73 Å². The molecule has 1 heterocycles. The molecule has 0 atom stereocenters. The average molecular weight is 254 g/mol. The van der Waals surface area contributed by atoms with Crippen LogP contribution >= 0.6 is 22.9 Å². The van der Waals surface area contributed by atoms with Gasteiger partial charge in [0.25, 0.3) is 0 Å². The highest BCUT2D eigenvalue weighted by atomic mass is 35.5. The lowest BCUT2D eigenvalue weighted by Gasteiger charge is -2.34. The standard InChI is InChI=1S/C11H12ClN3S/c12-8-1-2-9-11(14-5-16-9)10(8)15-7-3-6(13)4-7/h1-2,5-7,15H,3-4,13H2. The van der Waals surface area contributed by atoms with Crippen molar-refractivity contribution in [1.82, 2.24) is 4.98 Å². The first-order chi connectivity index (χ1) is 7.74. The number of nitrogens with one attached hydrogen (secondary N) is 1. The highest BCUT2D eigenvalue weighted by molar-refractivity contribution is 7.16. The summed E-state index contributed by atoms with van der Waals surface area (Å²) in [4.78, 5) is 4.35. The molecule has 0 radical (unpaired) electrons. The Morgan fingerprint density at radius 1 is 1.44 bits per heavy atom. The van der Waals surface area contributed by atoms with E-state index in [1.807, 2.05) is 17.6 Å². The fourth-order valence-electron chi connectivity index (χ4n) is 2.03. The lowest BCUT2D eigenvalue weighted by Crippen LogP contribution is -2.44. The Morgan fingerprint density at radius 2 is 2.25 bits per heavy atom. The molecular formula is C11H12ClN3S. The number of nitrogens with two attached hydrogens (primary N) is 1. The van der Waals surface area contributed by atoms with Gasteiger partial charge in [-0.15, -0.1) is 11.3 Å². The first kappa shape index (κ1) is 10.3. The fraction of sp³-hybridized carbons (Fsp3) is 0.364. The number of fused-ring (bicyclic) bond motifs is 1. The van der Waals surface area contributed by atoms with Crippen molar-refractivity contribution >= 4 is 38.8 Å². The Labute approximate surface area is 103 Å². The van der Waals surface area contributed by atoms with E-state index in [2.05, 4.69) is 10.3 Å². The minimum atomic E-state index is 0.339. The number of halogens is 1. The van der Waals surface area contributed by atoms with Crippen molar-refractivity contribution < 1.29 is 0 Å². The van der Waals surface area contributed by atoms with Gasteiger partial charge in [0.1, 0.15) is 5.52 Å².